The van der Waals surface area contributed by atoms with E-state index >= 15 is 0 Å². The summed E-state index contributed by atoms with van der Waals surface area (Å²) in [6.07, 6.45) is 60.2. The lowest BCUT2D eigenvalue weighted by Crippen LogP contribution is -2.30. The highest BCUT2D eigenvalue weighted by molar-refractivity contribution is 7.47. The average Bonchev–Trinajstić information content (AvgIpc) is 1.16. The Morgan fingerprint density at radius 3 is 0.708 bits per heavy atom. The molecule has 0 bridgehead atoms. The molecule has 0 rings (SSSR count). The van der Waals surface area contributed by atoms with Gasteiger partial charge in [-0.05, 0) is 31.6 Å². The van der Waals surface area contributed by atoms with E-state index in [1.165, 1.54) is 225 Å². The third-order valence-electron chi connectivity index (χ3n) is 18.0. The fourth-order valence-electron chi connectivity index (χ4n) is 11.9. The first-order valence-corrected chi connectivity index (χ1v) is 43.1. The van der Waals surface area contributed by atoms with Crippen LogP contribution in [-0.2, 0) is 65.4 Å². The van der Waals surface area contributed by atoms with Crippen LogP contribution in [-0.4, -0.2) is 96.7 Å². The molecule has 96 heavy (non-hydrogen) atoms. The third kappa shape index (κ3) is 70.5. The molecule has 0 saturated heterocycles. The summed E-state index contributed by atoms with van der Waals surface area (Å²) in [5, 5.41) is 10.6. The Hall–Kier alpha value is -1.94. The number of rotatable bonds is 77. The van der Waals surface area contributed by atoms with Crippen molar-refractivity contribution >= 4 is 39.5 Å². The summed E-state index contributed by atoms with van der Waals surface area (Å²) in [5.74, 6) is -1.45. The lowest BCUT2D eigenvalue weighted by Gasteiger charge is -2.21. The molecule has 5 atom stereocenters. The van der Waals surface area contributed by atoms with Gasteiger partial charge in [0, 0.05) is 25.7 Å². The molecule has 2 unspecified atom stereocenters. The second-order valence-corrected chi connectivity index (χ2v) is 31.1. The number of hydrogen-bond donors (Lipinski definition) is 3. The van der Waals surface area contributed by atoms with E-state index in [4.69, 9.17) is 37.0 Å². The molecule has 0 aromatic carbocycles. The van der Waals surface area contributed by atoms with Crippen LogP contribution in [0.2, 0.25) is 0 Å². The fourth-order valence-corrected chi connectivity index (χ4v) is 13.5. The van der Waals surface area contributed by atoms with Gasteiger partial charge >= 0.3 is 39.5 Å². The number of phosphoric acid groups is 2. The van der Waals surface area contributed by atoms with E-state index in [-0.39, 0.29) is 25.7 Å². The molecule has 0 aliphatic rings. The smallest absolute Gasteiger partial charge is 0.462 e. The van der Waals surface area contributed by atoms with Crippen molar-refractivity contribution in [1.82, 2.24) is 0 Å². The van der Waals surface area contributed by atoms with Crippen molar-refractivity contribution in [2.75, 3.05) is 39.6 Å². The number of carbonyl (C=O) groups excluding carboxylic acids is 4. The van der Waals surface area contributed by atoms with Crippen LogP contribution in [0.1, 0.15) is 407 Å². The maximum absolute atomic E-state index is 13.1. The van der Waals surface area contributed by atoms with E-state index < -0.39 is 97.5 Å². The van der Waals surface area contributed by atoms with Gasteiger partial charge in [-0.15, -0.1) is 0 Å². The number of phosphoric ester groups is 2. The number of esters is 4. The van der Waals surface area contributed by atoms with Gasteiger partial charge in [0.05, 0.1) is 26.4 Å². The van der Waals surface area contributed by atoms with Gasteiger partial charge in [-0.25, -0.2) is 9.13 Å². The van der Waals surface area contributed by atoms with E-state index in [1.807, 2.05) is 0 Å². The van der Waals surface area contributed by atoms with Crippen molar-refractivity contribution in [3.8, 4) is 0 Å². The van der Waals surface area contributed by atoms with Crippen molar-refractivity contribution < 1.29 is 80.2 Å². The Labute approximate surface area is 588 Å². The van der Waals surface area contributed by atoms with Crippen LogP contribution in [0.4, 0.5) is 0 Å². The average molecular weight is 1410 g/mol. The van der Waals surface area contributed by atoms with E-state index in [2.05, 4.69) is 34.6 Å². The molecule has 0 heterocycles. The molecule has 19 heteroatoms. The highest BCUT2D eigenvalue weighted by Gasteiger charge is 2.30. The van der Waals surface area contributed by atoms with Crippen LogP contribution >= 0.6 is 15.6 Å². The molecule has 570 valence electrons. The van der Waals surface area contributed by atoms with E-state index in [0.29, 0.717) is 31.6 Å². The molecule has 0 fully saturated rings. The van der Waals surface area contributed by atoms with E-state index in [0.717, 1.165) is 96.3 Å². The molecule has 3 N–H and O–H groups in total. The van der Waals surface area contributed by atoms with Crippen LogP contribution in [0.15, 0.2) is 0 Å². The van der Waals surface area contributed by atoms with Gasteiger partial charge in [-0.1, -0.05) is 356 Å². The maximum Gasteiger partial charge on any atom is 0.472 e. The normalized spacial score (nSPS) is 13.9. The van der Waals surface area contributed by atoms with Gasteiger partial charge < -0.3 is 33.8 Å². The minimum atomic E-state index is -4.96. The number of aliphatic hydroxyl groups excluding tert-OH is 1. The fraction of sp³-hybridized carbons (Fsp3) is 0.948. The quantitative estimate of drug-likeness (QED) is 0.0222. The first kappa shape index (κ1) is 94.1. The van der Waals surface area contributed by atoms with E-state index in [9.17, 15) is 43.2 Å². The zero-order chi connectivity index (χ0) is 70.5. The van der Waals surface area contributed by atoms with Crippen LogP contribution in [0.5, 0.6) is 0 Å². The highest BCUT2D eigenvalue weighted by atomic mass is 31.2. The monoisotopic (exact) mass is 1410 g/mol. The first-order valence-electron chi connectivity index (χ1n) is 40.1. The Kier molecular flexibility index (Phi) is 68.7. The molecule has 0 aromatic heterocycles. The molecule has 0 aliphatic carbocycles. The Morgan fingerprint density at radius 1 is 0.281 bits per heavy atom. The maximum atomic E-state index is 13.1. The van der Waals surface area contributed by atoms with Crippen molar-refractivity contribution in [3.63, 3.8) is 0 Å². The lowest BCUT2D eigenvalue weighted by molar-refractivity contribution is -0.161. The summed E-state index contributed by atoms with van der Waals surface area (Å²) in [7, 11) is -9.90. The Balaban J connectivity index is 5.15. The molecule has 0 aliphatic heterocycles. The SMILES string of the molecule is CCCCCCCCCCCCCCCCCCCCCCC(=O)O[C@H](COC(=O)CCCCCCCCCCCCCCCCCCCCC)COP(=O)(O)OC[C@@H](O)COP(=O)(O)OC[C@@H](COC(=O)CCCCCCCCCC)OC(=O)CCCCCCCCC(C)C. The molecule has 17 nitrogen and oxygen atoms in total. The standard InChI is InChI=1S/C77H150O17P2/c1-6-9-12-15-18-21-23-25-27-29-31-33-35-37-39-41-43-46-52-57-62-76(81)93-72(66-88-75(80)61-56-51-45-42-40-38-36-34-32-30-28-26-24-22-19-16-13-10-7-2)68-91-95(83,84)89-64-71(78)65-90-96(85,86)92-69-73(67-87-74(79)60-55-50-44-20-17-14-11-8-3)94-77(82)63-58-53-48-47-49-54-59-70(4)5/h70-73,78H,6-69H2,1-5H3,(H,83,84)(H,85,86)/t71-,72-,73-/m1/s1. The zero-order valence-corrected chi connectivity index (χ0v) is 64.3. The van der Waals surface area contributed by atoms with Gasteiger partial charge in [0.15, 0.2) is 12.2 Å². The summed E-state index contributed by atoms with van der Waals surface area (Å²) < 4.78 is 68.4. The number of aliphatic hydroxyl groups is 1. The van der Waals surface area contributed by atoms with Gasteiger partial charge in [0.1, 0.15) is 19.3 Å². The van der Waals surface area contributed by atoms with Gasteiger partial charge in [-0.2, -0.15) is 0 Å². The lowest BCUT2D eigenvalue weighted by atomic mass is 10.0. The molecule has 0 saturated carbocycles. The predicted molar refractivity (Wildman–Crippen MR) is 391 cm³/mol. The second kappa shape index (κ2) is 70.1. The van der Waals surface area contributed by atoms with Gasteiger partial charge in [-0.3, -0.25) is 37.3 Å². The molecule has 0 radical (unpaired) electrons. The highest BCUT2D eigenvalue weighted by Crippen LogP contribution is 2.45. The number of hydrogen-bond acceptors (Lipinski definition) is 15. The van der Waals surface area contributed by atoms with Crippen LogP contribution < -0.4 is 0 Å². The van der Waals surface area contributed by atoms with Crippen molar-refractivity contribution in [3.05, 3.63) is 0 Å². The molecule has 0 spiro atoms. The summed E-state index contributed by atoms with van der Waals surface area (Å²) in [4.78, 5) is 72.6. The molecule has 0 aromatic rings. The second-order valence-electron chi connectivity index (χ2n) is 28.2. The van der Waals surface area contributed by atoms with Gasteiger partial charge in [0.2, 0.25) is 0 Å². The predicted octanol–water partition coefficient (Wildman–Crippen LogP) is 22.9. The van der Waals surface area contributed by atoms with Crippen molar-refractivity contribution in [2.24, 2.45) is 5.92 Å². The first-order chi connectivity index (χ1) is 46.5. The van der Waals surface area contributed by atoms with Crippen LogP contribution in [0.25, 0.3) is 0 Å². The van der Waals surface area contributed by atoms with Crippen molar-refractivity contribution in [2.45, 2.75) is 425 Å². The molecular weight excluding hydrogens is 1260 g/mol. The van der Waals surface area contributed by atoms with E-state index in [1.54, 1.807) is 0 Å². The zero-order valence-electron chi connectivity index (χ0n) is 62.5. The number of carbonyl (C=O) groups is 4. The number of unbranched alkanes of at least 4 members (excludes halogenated alkanes) is 49. The molecular formula is C77H150O17P2. The third-order valence-corrected chi connectivity index (χ3v) is 19.9. The molecule has 0 amide bonds. The number of ether oxygens (including phenoxy) is 4. The summed E-state index contributed by atoms with van der Waals surface area (Å²) in [5.41, 5.74) is 0. The largest absolute Gasteiger partial charge is 0.472 e. The van der Waals surface area contributed by atoms with Crippen LogP contribution in [0.3, 0.4) is 0 Å². The Morgan fingerprint density at radius 2 is 0.479 bits per heavy atom. The topological polar surface area (TPSA) is 237 Å². The minimum absolute atomic E-state index is 0.102. The van der Waals surface area contributed by atoms with Crippen molar-refractivity contribution in [1.29, 1.82) is 0 Å². The van der Waals surface area contributed by atoms with Crippen LogP contribution in [0, 0.1) is 5.92 Å². The Bertz CT molecular complexity index is 1840. The summed E-state index contributed by atoms with van der Waals surface area (Å²) in [6, 6.07) is 0. The van der Waals surface area contributed by atoms with Gasteiger partial charge in [0.25, 0.3) is 0 Å². The minimum Gasteiger partial charge on any atom is -0.462 e. The summed E-state index contributed by atoms with van der Waals surface area (Å²) >= 11 is 0. The summed E-state index contributed by atoms with van der Waals surface area (Å²) in [6.45, 7) is 7.17.